The number of aromatic hydroxyl groups is 1. The van der Waals surface area contributed by atoms with Crippen LogP contribution in [0.2, 0.25) is 10.0 Å². The van der Waals surface area contributed by atoms with Gasteiger partial charge in [0.15, 0.2) is 0 Å². The van der Waals surface area contributed by atoms with E-state index < -0.39 is 17.4 Å². The number of hydrogen-bond acceptors (Lipinski definition) is 4. The van der Waals surface area contributed by atoms with E-state index in [4.69, 9.17) is 23.2 Å². The van der Waals surface area contributed by atoms with E-state index in [1.54, 1.807) is 18.2 Å². The Morgan fingerprint density at radius 1 is 1.30 bits per heavy atom. The molecule has 1 atom stereocenters. The van der Waals surface area contributed by atoms with Gasteiger partial charge in [-0.1, -0.05) is 48.5 Å². The maximum absolute atomic E-state index is 12.7. The van der Waals surface area contributed by atoms with Gasteiger partial charge >= 0.3 is 0 Å². The van der Waals surface area contributed by atoms with E-state index >= 15 is 0 Å². The Labute approximate surface area is 166 Å². The van der Waals surface area contributed by atoms with Crippen LogP contribution < -0.4 is 10.9 Å². The lowest BCUT2D eigenvalue weighted by Crippen LogP contribution is -2.37. The van der Waals surface area contributed by atoms with Crippen molar-refractivity contribution in [3.8, 4) is 5.88 Å². The van der Waals surface area contributed by atoms with Gasteiger partial charge in [0.05, 0.1) is 11.9 Å². The molecule has 1 amide bonds. The third-order valence-electron chi connectivity index (χ3n) is 4.91. The molecular formula is C19H21Cl2N3O3. The molecule has 1 aliphatic carbocycles. The number of rotatable bonds is 5. The van der Waals surface area contributed by atoms with E-state index in [0.717, 1.165) is 32.0 Å². The number of halogens is 2. The van der Waals surface area contributed by atoms with Gasteiger partial charge in [-0.3, -0.25) is 9.59 Å². The fourth-order valence-corrected chi connectivity index (χ4v) is 4.13. The van der Waals surface area contributed by atoms with Crippen LogP contribution in [0.15, 0.2) is 29.3 Å². The zero-order valence-electron chi connectivity index (χ0n) is 14.7. The Balaban J connectivity index is 1.92. The number of H-pyrrole nitrogens is 1. The summed E-state index contributed by atoms with van der Waals surface area (Å²) in [6.45, 7) is 0. The number of aromatic nitrogens is 2. The van der Waals surface area contributed by atoms with Crippen molar-refractivity contribution in [2.45, 2.75) is 50.5 Å². The van der Waals surface area contributed by atoms with Crippen molar-refractivity contribution >= 4 is 29.1 Å². The molecule has 8 heteroatoms. The van der Waals surface area contributed by atoms with Crippen molar-refractivity contribution < 1.29 is 9.90 Å². The molecule has 1 unspecified atom stereocenters. The summed E-state index contributed by atoms with van der Waals surface area (Å²) in [5.41, 5.74) is 0.0400. The lowest BCUT2D eigenvalue weighted by molar-refractivity contribution is -0.122. The molecule has 144 valence electrons. The number of hydrogen-bond donors (Lipinski definition) is 3. The van der Waals surface area contributed by atoms with Gasteiger partial charge in [-0.25, -0.2) is 4.98 Å². The average molecular weight is 410 g/mol. The van der Waals surface area contributed by atoms with E-state index in [-0.39, 0.29) is 23.9 Å². The second-order valence-electron chi connectivity index (χ2n) is 6.79. The van der Waals surface area contributed by atoms with Crippen LogP contribution in [-0.4, -0.2) is 27.0 Å². The lowest BCUT2D eigenvalue weighted by Gasteiger charge is -2.24. The van der Waals surface area contributed by atoms with Crippen molar-refractivity contribution in [2.24, 2.45) is 0 Å². The quantitative estimate of drug-likeness (QED) is 0.700. The zero-order valence-corrected chi connectivity index (χ0v) is 16.2. The number of amides is 1. The molecule has 1 aliphatic rings. The van der Waals surface area contributed by atoms with Gasteiger partial charge in [0.25, 0.3) is 5.56 Å². The monoisotopic (exact) mass is 409 g/mol. The second kappa shape index (κ2) is 8.76. The number of benzene rings is 1. The van der Waals surface area contributed by atoms with Crippen LogP contribution in [0.5, 0.6) is 5.88 Å². The van der Waals surface area contributed by atoms with Gasteiger partial charge in [-0.2, -0.15) is 0 Å². The molecule has 6 nitrogen and oxygen atoms in total. The van der Waals surface area contributed by atoms with E-state index in [1.165, 1.54) is 6.42 Å². The minimum absolute atomic E-state index is 0.0144. The first-order valence-electron chi connectivity index (χ1n) is 8.96. The molecule has 0 bridgehead atoms. The molecule has 1 heterocycles. The Bertz CT molecular complexity index is 879. The van der Waals surface area contributed by atoms with E-state index in [2.05, 4.69) is 15.3 Å². The fraction of sp³-hybridized carbons (Fsp3) is 0.421. The summed E-state index contributed by atoms with van der Waals surface area (Å²) in [7, 11) is 0. The minimum Gasteiger partial charge on any atom is -0.493 e. The summed E-state index contributed by atoms with van der Waals surface area (Å²) in [5.74, 6) is -1.35. The first-order valence-corrected chi connectivity index (χ1v) is 9.72. The molecule has 0 saturated heterocycles. The highest BCUT2D eigenvalue weighted by molar-refractivity contribution is 6.35. The van der Waals surface area contributed by atoms with Crippen molar-refractivity contribution in [3.05, 3.63) is 56.1 Å². The van der Waals surface area contributed by atoms with Crippen molar-refractivity contribution in [2.75, 3.05) is 0 Å². The molecule has 27 heavy (non-hydrogen) atoms. The number of nitrogens with zero attached hydrogens (tertiary/aromatic N) is 1. The van der Waals surface area contributed by atoms with Gasteiger partial charge < -0.3 is 15.4 Å². The molecular weight excluding hydrogens is 389 g/mol. The molecule has 0 aliphatic heterocycles. The summed E-state index contributed by atoms with van der Waals surface area (Å²) >= 11 is 12.3. The number of carbonyl (C=O) groups excluding carboxylic acids is 1. The summed E-state index contributed by atoms with van der Waals surface area (Å²) < 4.78 is 0. The molecule has 2 aromatic rings. The third kappa shape index (κ3) is 4.82. The van der Waals surface area contributed by atoms with Gasteiger partial charge in [-0.05, 0) is 30.5 Å². The van der Waals surface area contributed by atoms with Crippen LogP contribution in [0.3, 0.4) is 0 Å². The van der Waals surface area contributed by atoms with Crippen LogP contribution >= 0.6 is 23.2 Å². The standard InChI is InChI=1S/C19H21Cl2N3O3/c20-11-6-7-13(15(21)8-11)14(17-18(26)22-10-23-19(17)27)9-16(25)24-12-4-2-1-3-5-12/h6-8,10,12,14H,1-5,9H2,(H,24,25)(H2,22,23,26,27). The highest BCUT2D eigenvalue weighted by atomic mass is 35.5. The first kappa shape index (κ1) is 19.7. The average Bonchev–Trinajstić information content (AvgIpc) is 2.61. The summed E-state index contributed by atoms with van der Waals surface area (Å²) in [6.07, 6.45) is 6.38. The smallest absolute Gasteiger partial charge is 0.258 e. The summed E-state index contributed by atoms with van der Waals surface area (Å²) in [5, 5.41) is 14.0. The highest BCUT2D eigenvalue weighted by Crippen LogP contribution is 2.35. The summed E-state index contributed by atoms with van der Waals surface area (Å²) in [4.78, 5) is 31.2. The Morgan fingerprint density at radius 2 is 2.04 bits per heavy atom. The van der Waals surface area contributed by atoms with Crippen LogP contribution in [0, 0.1) is 0 Å². The predicted molar refractivity (Wildman–Crippen MR) is 104 cm³/mol. The van der Waals surface area contributed by atoms with Crippen molar-refractivity contribution in [3.63, 3.8) is 0 Å². The van der Waals surface area contributed by atoms with Crippen LogP contribution in [0.25, 0.3) is 0 Å². The molecule has 3 rings (SSSR count). The molecule has 1 aromatic carbocycles. The van der Waals surface area contributed by atoms with Crippen molar-refractivity contribution in [1.29, 1.82) is 0 Å². The van der Waals surface area contributed by atoms with E-state index in [0.29, 0.717) is 15.6 Å². The molecule has 1 saturated carbocycles. The number of carbonyl (C=O) groups is 1. The second-order valence-corrected chi connectivity index (χ2v) is 7.64. The number of nitrogens with one attached hydrogen (secondary N) is 2. The van der Waals surface area contributed by atoms with Crippen LogP contribution in [0.4, 0.5) is 0 Å². The molecule has 1 aromatic heterocycles. The van der Waals surface area contributed by atoms with Crippen LogP contribution in [-0.2, 0) is 4.79 Å². The molecule has 0 spiro atoms. The van der Waals surface area contributed by atoms with Gasteiger partial charge in [-0.15, -0.1) is 0 Å². The highest BCUT2D eigenvalue weighted by Gasteiger charge is 2.28. The first-order chi connectivity index (χ1) is 13.0. The Kier molecular flexibility index (Phi) is 6.39. The van der Waals surface area contributed by atoms with Crippen LogP contribution in [0.1, 0.15) is 55.6 Å². The zero-order chi connectivity index (χ0) is 19.4. The van der Waals surface area contributed by atoms with Gasteiger partial charge in [0.2, 0.25) is 11.8 Å². The van der Waals surface area contributed by atoms with E-state index in [9.17, 15) is 14.7 Å². The predicted octanol–water partition coefficient (Wildman–Crippen LogP) is 3.75. The molecule has 3 N–H and O–H groups in total. The summed E-state index contributed by atoms with van der Waals surface area (Å²) in [6, 6.07) is 4.99. The SMILES string of the molecule is O=C(CC(c1ccc(Cl)cc1Cl)c1c(O)nc[nH]c1=O)NC1CCCCC1. The third-order valence-corrected chi connectivity index (χ3v) is 5.48. The van der Waals surface area contributed by atoms with E-state index in [1.807, 2.05) is 0 Å². The minimum atomic E-state index is -0.740. The Morgan fingerprint density at radius 3 is 2.70 bits per heavy atom. The lowest BCUT2D eigenvalue weighted by atomic mass is 9.88. The molecule has 1 fully saturated rings. The topological polar surface area (TPSA) is 95.1 Å². The van der Waals surface area contributed by atoms with Gasteiger partial charge in [0, 0.05) is 28.4 Å². The maximum Gasteiger partial charge on any atom is 0.258 e. The largest absolute Gasteiger partial charge is 0.493 e. The molecule has 0 radical (unpaired) electrons. The normalized spacial score (nSPS) is 16.1. The number of aromatic amines is 1. The van der Waals surface area contributed by atoms with Crippen molar-refractivity contribution in [1.82, 2.24) is 15.3 Å². The fourth-order valence-electron chi connectivity index (χ4n) is 3.59. The Hall–Kier alpha value is -2.05. The van der Waals surface area contributed by atoms with Gasteiger partial charge in [0.1, 0.15) is 0 Å². The maximum atomic E-state index is 12.7.